The van der Waals surface area contributed by atoms with Crippen molar-refractivity contribution in [2.45, 2.75) is 32.6 Å². The van der Waals surface area contributed by atoms with Gasteiger partial charge in [0.2, 0.25) is 0 Å². The molecule has 1 rings (SSSR count). The van der Waals surface area contributed by atoms with E-state index in [4.69, 9.17) is 0 Å². The minimum Gasteiger partial charge on any atom is -0.367 e. The van der Waals surface area contributed by atoms with Crippen molar-refractivity contribution >= 4 is 0 Å². The second-order valence-corrected chi connectivity index (χ2v) is 2.86. The first-order valence-electron chi connectivity index (χ1n) is 4.55. The highest BCUT2D eigenvalue weighted by Crippen LogP contribution is 1.98. The van der Waals surface area contributed by atoms with E-state index in [0.29, 0.717) is 0 Å². The molecule has 1 nitrogen and oxygen atoms in total. The highest BCUT2D eigenvalue weighted by atomic mass is 14.6. The van der Waals surface area contributed by atoms with Crippen molar-refractivity contribution in [1.82, 2.24) is 4.98 Å². The van der Waals surface area contributed by atoms with Crippen molar-refractivity contribution in [1.29, 1.82) is 0 Å². The molecular formula is C11H15N. The Morgan fingerprint density at radius 2 is 2.33 bits per heavy atom. The molecule has 1 N–H and O–H groups in total. The minimum absolute atomic E-state index is 1.03. The van der Waals surface area contributed by atoms with Gasteiger partial charge in [0, 0.05) is 24.4 Å². The third-order valence-electron chi connectivity index (χ3n) is 1.74. The molecule has 12 heavy (non-hydrogen) atoms. The van der Waals surface area contributed by atoms with Crippen LogP contribution in [-0.4, -0.2) is 4.98 Å². The van der Waals surface area contributed by atoms with Gasteiger partial charge < -0.3 is 4.98 Å². The Kier molecular flexibility index (Phi) is 4.08. The molecule has 1 heteroatoms. The molecule has 0 radical (unpaired) electrons. The van der Waals surface area contributed by atoms with Crippen LogP contribution in [-0.2, 0) is 0 Å². The second-order valence-electron chi connectivity index (χ2n) is 2.86. The van der Waals surface area contributed by atoms with Crippen molar-refractivity contribution in [3.05, 3.63) is 24.0 Å². The Bertz CT molecular complexity index is 248. The van der Waals surface area contributed by atoms with Crippen molar-refractivity contribution in [3.63, 3.8) is 0 Å². The normalized spacial score (nSPS) is 9.08. The van der Waals surface area contributed by atoms with Crippen LogP contribution in [0.15, 0.2) is 18.5 Å². The Morgan fingerprint density at radius 1 is 1.42 bits per heavy atom. The van der Waals surface area contributed by atoms with E-state index < -0.39 is 0 Å². The van der Waals surface area contributed by atoms with Gasteiger partial charge in [-0.1, -0.05) is 31.6 Å². The molecule has 1 aromatic rings. The third kappa shape index (κ3) is 3.30. The number of aromatic amines is 1. The molecule has 0 atom stereocenters. The summed E-state index contributed by atoms with van der Waals surface area (Å²) in [5.41, 5.74) is 1.09. The quantitative estimate of drug-likeness (QED) is 0.518. The number of rotatable bonds is 3. The Morgan fingerprint density at radius 3 is 3.00 bits per heavy atom. The SMILES string of the molecule is CCCCCC#Cc1cc[nH]c1. The van der Waals surface area contributed by atoms with Gasteiger partial charge in [-0.25, -0.2) is 0 Å². The molecular weight excluding hydrogens is 146 g/mol. The number of aromatic nitrogens is 1. The van der Waals surface area contributed by atoms with Crippen LogP contribution in [0.2, 0.25) is 0 Å². The van der Waals surface area contributed by atoms with Crippen LogP contribution in [0.4, 0.5) is 0 Å². The van der Waals surface area contributed by atoms with E-state index in [0.717, 1.165) is 12.0 Å². The van der Waals surface area contributed by atoms with Crippen LogP contribution in [0, 0.1) is 11.8 Å². The molecule has 0 aliphatic carbocycles. The van der Waals surface area contributed by atoms with Crippen LogP contribution in [0.1, 0.15) is 38.2 Å². The summed E-state index contributed by atoms with van der Waals surface area (Å²) in [6.45, 7) is 2.21. The maximum absolute atomic E-state index is 3.15. The fourth-order valence-corrected chi connectivity index (χ4v) is 1.03. The average molecular weight is 161 g/mol. The standard InChI is InChI=1S/C11H15N/c1-2-3-4-5-6-7-11-8-9-12-10-11/h8-10,12H,2-5H2,1H3. The smallest absolute Gasteiger partial charge is 0.0419 e. The van der Waals surface area contributed by atoms with Gasteiger partial charge in [0.25, 0.3) is 0 Å². The summed E-state index contributed by atoms with van der Waals surface area (Å²) < 4.78 is 0. The molecule has 1 heterocycles. The Hall–Kier alpha value is -1.16. The number of H-pyrrole nitrogens is 1. The fraction of sp³-hybridized carbons (Fsp3) is 0.455. The average Bonchev–Trinajstić information content (AvgIpc) is 2.57. The lowest BCUT2D eigenvalue weighted by atomic mass is 10.2. The predicted octanol–water partition coefficient (Wildman–Crippen LogP) is 2.95. The number of nitrogens with one attached hydrogen (secondary N) is 1. The number of hydrogen-bond acceptors (Lipinski definition) is 0. The van der Waals surface area contributed by atoms with E-state index in [1.807, 2.05) is 18.5 Å². The van der Waals surface area contributed by atoms with Gasteiger partial charge in [0.05, 0.1) is 0 Å². The second kappa shape index (κ2) is 5.49. The first kappa shape index (κ1) is 8.93. The first-order valence-corrected chi connectivity index (χ1v) is 4.55. The lowest BCUT2D eigenvalue weighted by Crippen LogP contribution is -1.71. The maximum Gasteiger partial charge on any atom is 0.0419 e. The first-order chi connectivity index (χ1) is 5.93. The minimum atomic E-state index is 1.03. The molecule has 0 fully saturated rings. The number of hydrogen-bond donors (Lipinski definition) is 1. The summed E-state index contributed by atoms with van der Waals surface area (Å²) >= 11 is 0. The highest BCUT2D eigenvalue weighted by molar-refractivity contribution is 5.31. The van der Waals surface area contributed by atoms with Crippen LogP contribution in [0.5, 0.6) is 0 Å². The molecule has 1 aromatic heterocycles. The lowest BCUT2D eigenvalue weighted by Gasteiger charge is -1.87. The van der Waals surface area contributed by atoms with E-state index in [-0.39, 0.29) is 0 Å². The fourth-order valence-electron chi connectivity index (χ4n) is 1.03. The van der Waals surface area contributed by atoms with Crippen LogP contribution >= 0.6 is 0 Å². The summed E-state index contributed by atoms with van der Waals surface area (Å²) in [5.74, 6) is 6.25. The van der Waals surface area contributed by atoms with E-state index in [2.05, 4.69) is 23.7 Å². The Labute approximate surface area is 74.2 Å². The number of unbranched alkanes of at least 4 members (excludes halogenated alkanes) is 3. The zero-order chi connectivity index (χ0) is 8.65. The van der Waals surface area contributed by atoms with Crippen LogP contribution in [0.25, 0.3) is 0 Å². The van der Waals surface area contributed by atoms with Gasteiger partial charge in [0.1, 0.15) is 0 Å². The van der Waals surface area contributed by atoms with Crippen molar-refractivity contribution in [2.24, 2.45) is 0 Å². The maximum atomic E-state index is 3.15. The molecule has 0 aromatic carbocycles. The molecule has 0 saturated heterocycles. The zero-order valence-corrected chi connectivity index (χ0v) is 7.56. The molecule has 0 amide bonds. The monoisotopic (exact) mass is 161 g/mol. The zero-order valence-electron chi connectivity index (χ0n) is 7.56. The summed E-state index contributed by atoms with van der Waals surface area (Å²) in [4.78, 5) is 2.98. The lowest BCUT2D eigenvalue weighted by molar-refractivity contribution is 0.737. The molecule has 0 spiro atoms. The van der Waals surface area contributed by atoms with Gasteiger partial charge in [-0.05, 0) is 12.5 Å². The van der Waals surface area contributed by atoms with Gasteiger partial charge in [-0.3, -0.25) is 0 Å². The molecule has 0 bridgehead atoms. The summed E-state index contributed by atoms with van der Waals surface area (Å²) in [6, 6.07) is 1.99. The van der Waals surface area contributed by atoms with Crippen molar-refractivity contribution in [2.75, 3.05) is 0 Å². The van der Waals surface area contributed by atoms with Gasteiger partial charge in [-0.2, -0.15) is 0 Å². The van der Waals surface area contributed by atoms with Crippen molar-refractivity contribution < 1.29 is 0 Å². The molecule has 0 aliphatic rings. The third-order valence-corrected chi connectivity index (χ3v) is 1.74. The van der Waals surface area contributed by atoms with E-state index in [1.54, 1.807) is 0 Å². The summed E-state index contributed by atoms with van der Waals surface area (Å²) in [7, 11) is 0. The molecule has 0 unspecified atom stereocenters. The molecule has 64 valence electrons. The topological polar surface area (TPSA) is 15.8 Å². The largest absolute Gasteiger partial charge is 0.367 e. The predicted molar refractivity (Wildman–Crippen MR) is 51.8 cm³/mol. The van der Waals surface area contributed by atoms with E-state index in [9.17, 15) is 0 Å². The van der Waals surface area contributed by atoms with Crippen LogP contribution < -0.4 is 0 Å². The van der Waals surface area contributed by atoms with E-state index in [1.165, 1.54) is 19.3 Å². The molecule has 0 saturated carbocycles. The van der Waals surface area contributed by atoms with Crippen molar-refractivity contribution in [3.8, 4) is 11.8 Å². The van der Waals surface area contributed by atoms with Crippen LogP contribution in [0.3, 0.4) is 0 Å². The molecule has 0 aliphatic heterocycles. The summed E-state index contributed by atoms with van der Waals surface area (Å²) in [5, 5.41) is 0. The Balaban J connectivity index is 2.21. The van der Waals surface area contributed by atoms with Gasteiger partial charge >= 0.3 is 0 Å². The van der Waals surface area contributed by atoms with E-state index >= 15 is 0 Å². The van der Waals surface area contributed by atoms with Gasteiger partial charge in [-0.15, -0.1) is 0 Å². The van der Waals surface area contributed by atoms with Gasteiger partial charge in [0.15, 0.2) is 0 Å². The highest BCUT2D eigenvalue weighted by Gasteiger charge is 1.83. The summed E-state index contributed by atoms with van der Waals surface area (Å²) in [6.07, 6.45) is 8.64.